The maximum Gasteiger partial charge on any atom is 0.140 e. The number of hydrogen-bond donors (Lipinski definition) is 1. The minimum Gasteiger partial charge on any atom is -0.328 e. The zero-order valence-corrected chi connectivity index (χ0v) is 12.4. The van der Waals surface area contributed by atoms with Crippen molar-refractivity contribution in [2.75, 3.05) is 0 Å². The van der Waals surface area contributed by atoms with Crippen LogP contribution in [0.2, 0.25) is 5.02 Å². The average Bonchev–Trinajstić information content (AvgIpc) is 2.35. The molecule has 0 saturated heterocycles. The Hall–Kier alpha value is -1.10. The van der Waals surface area contributed by atoms with Crippen molar-refractivity contribution in [2.24, 2.45) is 5.73 Å². The Kier molecular flexibility index (Phi) is 5.02. The Morgan fingerprint density at radius 3 is 2.20 bits per heavy atom. The van der Waals surface area contributed by atoms with Gasteiger partial charge in [-0.05, 0) is 55.3 Å². The molecule has 0 aliphatic rings. The van der Waals surface area contributed by atoms with Crippen LogP contribution in [0.5, 0.6) is 0 Å². The van der Waals surface area contributed by atoms with Gasteiger partial charge in [0.1, 0.15) is 11.6 Å². The third kappa shape index (κ3) is 3.95. The van der Waals surface area contributed by atoms with Crippen molar-refractivity contribution >= 4 is 23.4 Å². The summed E-state index contributed by atoms with van der Waals surface area (Å²) >= 11 is 6.81. The summed E-state index contributed by atoms with van der Waals surface area (Å²) in [6, 6.07) is 9.36. The summed E-state index contributed by atoms with van der Waals surface area (Å²) in [5.74, 6) is -1.14. The molecule has 1 nitrogen and oxygen atoms in total. The molecule has 1 unspecified atom stereocenters. The number of rotatable bonds is 4. The molecule has 1 atom stereocenters. The molecular weight excluding hydrogens is 300 g/mol. The van der Waals surface area contributed by atoms with Gasteiger partial charge < -0.3 is 5.73 Å². The van der Waals surface area contributed by atoms with Gasteiger partial charge in [-0.2, -0.15) is 0 Å². The molecule has 2 N–H and O–H groups in total. The quantitative estimate of drug-likeness (QED) is 0.888. The third-order valence-electron chi connectivity index (χ3n) is 2.65. The Morgan fingerprint density at radius 2 is 1.70 bits per heavy atom. The van der Waals surface area contributed by atoms with Crippen molar-refractivity contribution < 1.29 is 8.78 Å². The molecule has 2 aromatic carbocycles. The van der Waals surface area contributed by atoms with Crippen LogP contribution in [-0.4, -0.2) is 6.04 Å². The normalized spacial score (nSPS) is 12.4. The molecule has 0 heterocycles. The van der Waals surface area contributed by atoms with Crippen molar-refractivity contribution in [3.05, 3.63) is 58.6 Å². The van der Waals surface area contributed by atoms with Gasteiger partial charge in [0.25, 0.3) is 0 Å². The minimum absolute atomic E-state index is 0.0132. The van der Waals surface area contributed by atoms with E-state index in [2.05, 4.69) is 0 Å². The third-order valence-corrected chi connectivity index (χ3v) is 4.00. The lowest BCUT2D eigenvalue weighted by Gasteiger charge is -2.09. The van der Waals surface area contributed by atoms with Crippen LogP contribution in [0.1, 0.15) is 12.5 Å². The van der Waals surface area contributed by atoms with Crippen molar-refractivity contribution in [2.45, 2.75) is 29.2 Å². The smallest absolute Gasteiger partial charge is 0.140 e. The van der Waals surface area contributed by atoms with Crippen molar-refractivity contribution in [1.29, 1.82) is 0 Å². The monoisotopic (exact) mass is 313 g/mol. The molecule has 0 aromatic heterocycles. The van der Waals surface area contributed by atoms with Gasteiger partial charge in [0.2, 0.25) is 0 Å². The molecule has 0 aliphatic heterocycles. The second-order valence-electron chi connectivity index (χ2n) is 4.63. The Balaban J connectivity index is 2.26. The summed E-state index contributed by atoms with van der Waals surface area (Å²) in [6.07, 6.45) is 0.444. The van der Waals surface area contributed by atoms with E-state index in [1.807, 2.05) is 0 Å². The van der Waals surface area contributed by atoms with Crippen LogP contribution < -0.4 is 5.73 Å². The molecule has 0 aliphatic carbocycles. The zero-order valence-electron chi connectivity index (χ0n) is 10.9. The van der Waals surface area contributed by atoms with E-state index in [0.717, 1.165) is 16.7 Å². The zero-order chi connectivity index (χ0) is 14.7. The maximum atomic E-state index is 14.0. The molecule has 0 bridgehead atoms. The fourth-order valence-corrected chi connectivity index (χ4v) is 2.77. The van der Waals surface area contributed by atoms with E-state index in [1.54, 1.807) is 31.2 Å². The number of hydrogen-bond acceptors (Lipinski definition) is 2. The van der Waals surface area contributed by atoms with Crippen LogP contribution in [0.25, 0.3) is 0 Å². The van der Waals surface area contributed by atoms with Gasteiger partial charge >= 0.3 is 0 Å². The van der Waals surface area contributed by atoms with E-state index in [0.29, 0.717) is 17.0 Å². The fourth-order valence-electron chi connectivity index (χ4n) is 1.82. The van der Waals surface area contributed by atoms with Crippen LogP contribution in [0.3, 0.4) is 0 Å². The lowest BCUT2D eigenvalue weighted by atomic mass is 10.1. The number of benzene rings is 2. The van der Waals surface area contributed by atoms with Crippen LogP contribution in [0, 0.1) is 11.6 Å². The lowest BCUT2D eigenvalue weighted by Crippen LogP contribution is -2.18. The predicted octanol–water partition coefficient (Wildman–Crippen LogP) is 4.66. The molecule has 0 amide bonds. The van der Waals surface area contributed by atoms with Crippen LogP contribution >= 0.6 is 23.4 Å². The summed E-state index contributed by atoms with van der Waals surface area (Å²) in [7, 11) is 0. The first kappa shape index (κ1) is 15.3. The molecule has 106 valence electrons. The Labute approximate surface area is 126 Å². The van der Waals surface area contributed by atoms with Gasteiger partial charge in [0.15, 0.2) is 0 Å². The summed E-state index contributed by atoms with van der Waals surface area (Å²) in [5, 5.41) is 0.586. The molecule has 20 heavy (non-hydrogen) atoms. The summed E-state index contributed by atoms with van der Waals surface area (Å²) in [6.45, 7) is 1.80. The predicted molar refractivity (Wildman–Crippen MR) is 79.3 cm³/mol. The Bertz CT molecular complexity index is 576. The summed E-state index contributed by atoms with van der Waals surface area (Å²) < 4.78 is 28.0. The van der Waals surface area contributed by atoms with E-state index in [9.17, 15) is 8.78 Å². The van der Waals surface area contributed by atoms with E-state index in [-0.39, 0.29) is 10.9 Å². The van der Waals surface area contributed by atoms with Gasteiger partial charge in [-0.1, -0.05) is 23.4 Å². The van der Waals surface area contributed by atoms with Crippen LogP contribution in [0.15, 0.2) is 46.2 Å². The maximum absolute atomic E-state index is 14.0. The highest BCUT2D eigenvalue weighted by Crippen LogP contribution is 2.33. The largest absolute Gasteiger partial charge is 0.328 e. The summed E-state index contributed by atoms with van der Waals surface area (Å²) in [5.41, 5.74) is 6.20. The van der Waals surface area contributed by atoms with E-state index < -0.39 is 11.6 Å². The van der Waals surface area contributed by atoms with Crippen LogP contribution in [-0.2, 0) is 6.42 Å². The van der Waals surface area contributed by atoms with Gasteiger partial charge in [-0.3, -0.25) is 0 Å². The molecule has 5 heteroatoms. The van der Waals surface area contributed by atoms with Crippen molar-refractivity contribution in [1.82, 2.24) is 0 Å². The molecule has 2 rings (SSSR count). The minimum atomic E-state index is -0.569. The van der Waals surface area contributed by atoms with Crippen molar-refractivity contribution in [3.8, 4) is 0 Å². The first-order valence-electron chi connectivity index (χ1n) is 6.12. The molecule has 0 spiro atoms. The first-order valence-corrected chi connectivity index (χ1v) is 7.32. The van der Waals surface area contributed by atoms with Gasteiger partial charge in [0.05, 0.1) is 4.90 Å². The highest BCUT2D eigenvalue weighted by atomic mass is 35.5. The van der Waals surface area contributed by atoms with E-state index in [1.165, 1.54) is 12.1 Å². The van der Waals surface area contributed by atoms with Gasteiger partial charge in [0, 0.05) is 16.0 Å². The molecule has 0 saturated carbocycles. The van der Waals surface area contributed by atoms with E-state index in [4.69, 9.17) is 17.3 Å². The SMILES string of the molecule is CC(N)Cc1cc(F)c(Sc2ccc(Cl)cc2)c(F)c1. The fraction of sp³-hybridized carbons (Fsp3) is 0.200. The van der Waals surface area contributed by atoms with Gasteiger partial charge in [-0.15, -0.1) is 0 Å². The molecular formula is C15H14ClF2NS. The molecule has 0 fully saturated rings. The second-order valence-corrected chi connectivity index (χ2v) is 6.15. The lowest BCUT2D eigenvalue weighted by molar-refractivity contribution is 0.535. The van der Waals surface area contributed by atoms with Crippen molar-refractivity contribution in [3.63, 3.8) is 0 Å². The van der Waals surface area contributed by atoms with Gasteiger partial charge in [-0.25, -0.2) is 8.78 Å². The standard InChI is InChI=1S/C15H14ClF2NS/c1-9(19)6-10-7-13(17)15(14(18)8-10)20-12-4-2-11(16)3-5-12/h2-5,7-9H,6,19H2,1H3. The highest BCUT2D eigenvalue weighted by molar-refractivity contribution is 7.99. The Morgan fingerprint density at radius 1 is 1.15 bits per heavy atom. The molecule has 0 radical (unpaired) electrons. The van der Waals surface area contributed by atoms with Crippen LogP contribution in [0.4, 0.5) is 8.78 Å². The molecule has 2 aromatic rings. The number of nitrogens with two attached hydrogens (primary N) is 1. The highest BCUT2D eigenvalue weighted by Gasteiger charge is 2.13. The summed E-state index contributed by atoms with van der Waals surface area (Å²) in [4.78, 5) is 0.716. The van der Waals surface area contributed by atoms with E-state index >= 15 is 0 Å². The number of halogens is 3. The topological polar surface area (TPSA) is 26.0 Å². The second kappa shape index (κ2) is 6.57. The average molecular weight is 314 g/mol. The first-order chi connectivity index (χ1) is 9.45.